The van der Waals surface area contributed by atoms with Crippen LogP contribution in [0.15, 0.2) is 48.5 Å². The van der Waals surface area contributed by atoms with E-state index in [0.717, 1.165) is 5.56 Å². The summed E-state index contributed by atoms with van der Waals surface area (Å²) in [5.41, 5.74) is 8.99. The van der Waals surface area contributed by atoms with Gasteiger partial charge in [0.05, 0.1) is 6.54 Å². The van der Waals surface area contributed by atoms with Crippen LogP contribution in [0.5, 0.6) is 0 Å². The summed E-state index contributed by atoms with van der Waals surface area (Å²) in [6.45, 7) is 6.76. The van der Waals surface area contributed by atoms with Crippen LogP contribution in [-0.2, 0) is 12.0 Å². The minimum Gasteiger partial charge on any atom is -0.324 e. The zero-order chi connectivity index (χ0) is 18.7. The molecule has 3 aromatic rings. The Balaban J connectivity index is 1.69. The van der Waals surface area contributed by atoms with Gasteiger partial charge in [-0.15, -0.1) is 0 Å². The molecule has 0 aliphatic heterocycles. The van der Waals surface area contributed by atoms with E-state index < -0.39 is 0 Å². The van der Waals surface area contributed by atoms with Crippen molar-refractivity contribution in [3.8, 4) is 11.4 Å². The van der Waals surface area contributed by atoms with Crippen molar-refractivity contribution in [2.45, 2.75) is 32.7 Å². The van der Waals surface area contributed by atoms with Gasteiger partial charge in [-0.25, -0.2) is 4.98 Å². The summed E-state index contributed by atoms with van der Waals surface area (Å²) < 4.78 is 0. The van der Waals surface area contributed by atoms with Crippen molar-refractivity contribution in [1.82, 2.24) is 15.2 Å². The third-order valence-corrected chi connectivity index (χ3v) is 4.14. The lowest BCUT2D eigenvalue weighted by molar-refractivity contribution is 0.102. The first kappa shape index (κ1) is 17.8. The Kier molecular flexibility index (Phi) is 4.86. The van der Waals surface area contributed by atoms with Crippen LogP contribution in [0.1, 0.15) is 42.5 Å². The highest BCUT2D eigenvalue weighted by molar-refractivity contribution is 6.04. The van der Waals surface area contributed by atoms with Gasteiger partial charge in [-0.3, -0.25) is 9.89 Å². The normalized spacial score (nSPS) is 11.4. The van der Waals surface area contributed by atoms with Gasteiger partial charge in [0.1, 0.15) is 5.82 Å². The third kappa shape index (κ3) is 3.97. The number of H-pyrrole nitrogens is 1. The number of hydrogen-bond acceptors (Lipinski definition) is 4. The molecule has 4 N–H and O–H groups in total. The highest BCUT2D eigenvalue weighted by atomic mass is 16.1. The maximum atomic E-state index is 12.4. The van der Waals surface area contributed by atoms with Crippen molar-refractivity contribution in [3.05, 3.63) is 65.5 Å². The lowest BCUT2D eigenvalue weighted by atomic mass is 9.87. The van der Waals surface area contributed by atoms with Crippen LogP contribution < -0.4 is 11.1 Å². The topological polar surface area (TPSA) is 96.7 Å². The minimum absolute atomic E-state index is 0.0644. The van der Waals surface area contributed by atoms with Crippen LogP contribution in [-0.4, -0.2) is 21.1 Å². The number of aromatic nitrogens is 3. The number of anilines is 1. The molecule has 6 heteroatoms. The second-order valence-corrected chi connectivity index (χ2v) is 7.17. The van der Waals surface area contributed by atoms with Crippen molar-refractivity contribution in [3.63, 3.8) is 0 Å². The van der Waals surface area contributed by atoms with Crippen LogP contribution in [0.25, 0.3) is 11.4 Å². The largest absolute Gasteiger partial charge is 0.324 e. The first-order valence-corrected chi connectivity index (χ1v) is 8.50. The molecule has 1 amide bonds. The highest BCUT2D eigenvalue weighted by Gasteiger charge is 2.14. The Morgan fingerprint density at radius 2 is 1.73 bits per heavy atom. The molecule has 0 saturated heterocycles. The molecule has 6 nitrogen and oxygen atoms in total. The number of carbonyl (C=O) groups excluding carboxylic acids is 1. The first-order chi connectivity index (χ1) is 12.4. The van der Waals surface area contributed by atoms with E-state index in [1.54, 1.807) is 0 Å². The summed E-state index contributed by atoms with van der Waals surface area (Å²) in [4.78, 5) is 16.7. The van der Waals surface area contributed by atoms with E-state index >= 15 is 0 Å². The van der Waals surface area contributed by atoms with Gasteiger partial charge in [0.2, 0.25) is 0 Å². The van der Waals surface area contributed by atoms with E-state index in [-0.39, 0.29) is 11.3 Å². The minimum atomic E-state index is -0.137. The molecule has 0 fully saturated rings. The molecule has 2 aromatic carbocycles. The Labute approximate surface area is 152 Å². The molecule has 0 bridgehead atoms. The number of hydrogen-bond donors (Lipinski definition) is 3. The van der Waals surface area contributed by atoms with E-state index in [4.69, 9.17) is 5.73 Å². The first-order valence-electron chi connectivity index (χ1n) is 8.50. The van der Waals surface area contributed by atoms with Crippen LogP contribution in [0.4, 0.5) is 5.69 Å². The average Bonchev–Trinajstić information content (AvgIpc) is 3.11. The summed E-state index contributed by atoms with van der Waals surface area (Å²) >= 11 is 0. The maximum Gasteiger partial charge on any atom is 0.255 e. The maximum absolute atomic E-state index is 12.4. The molecule has 26 heavy (non-hydrogen) atoms. The molecular formula is C20H23N5O. The fourth-order valence-electron chi connectivity index (χ4n) is 2.54. The summed E-state index contributed by atoms with van der Waals surface area (Å²) in [5, 5.41) is 9.81. The van der Waals surface area contributed by atoms with Crippen LogP contribution in [0.2, 0.25) is 0 Å². The van der Waals surface area contributed by atoms with Gasteiger partial charge >= 0.3 is 0 Å². The van der Waals surface area contributed by atoms with Crippen molar-refractivity contribution >= 4 is 11.6 Å². The number of rotatable bonds is 4. The van der Waals surface area contributed by atoms with Crippen LogP contribution >= 0.6 is 0 Å². The highest BCUT2D eigenvalue weighted by Crippen LogP contribution is 2.23. The van der Waals surface area contributed by atoms with Gasteiger partial charge in [0.25, 0.3) is 5.91 Å². The number of aromatic amines is 1. The predicted molar refractivity (Wildman–Crippen MR) is 103 cm³/mol. The predicted octanol–water partition coefficient (Wildman–Crippen LogP) is 3.48. The third-order valence-electron chi connectivity index (χ3n) is 4.14. The molecule has 0 aliphatic rings. The van der Waals surface area contributed by atoms with Crippen molar-refractivity contribution in [1.29, 1.82) is 0 Å². The van der Waals surface area contributed by atoms with Crippen molar-refractivity contribution < 1.29 is 4.79 Å². The average molecular weight is 349 g/mol. The molecule has 0 radical (unpaired) electrons. The van der Waals surface area contributed by atoms with E-state index in [0.29, 0.717) is 29.4 Å². The molecular weight excluding hydrogens is 326 g/mol. The molecule has 0 unspecified atom stereocenters. The lowest BCUT2D eigenvalue weighted by Gasteiger charge is -2.19. The zero-order valence-corrected chi connectivity index (χ0v) is 15.2. The Bertz CT molecular complexity index is 889. The van der Waals surface area contributed by atoms with Gasteiger partial charge in [0, 0.05) is 16.8 Å². The molecule has 1 aromatic heterocycles. The molecule has 1 heterocycles. The Morgan fingerprint density at radius 1 is 1.08 bits per heavy atom. The summed E-state index contributed by atoms with van der Waals surface area (Å²) in [7, 11) is 0. The number of carbonyl (C=O) groups is 1. The summed E-state index contributed by atoms with van der Waals surface area (Å²) in [6, 6.07) is 15.1. The number of benzene rings is 2. The monoisotopic (exact) mass is 349 g/mol. The van der Waals surface area contributed by atoms with Gasteiger partial charge in [-0.1, -0.05) is 32.9 Å². The number of amides is 1. The van der Waals surface area contributed by atoms with Crippen molar-refractivity contribution in [2.24, 2.45) is 5.73 Å². The quantitative estimate of drug-likeness (QED) is 0.672. The fourth-order valence-corrected chi connectivity index (χ4v) is 2.54. The number of nitrogens with two attached hydrogens (primary N) is 1. The SMILES string of the molecule is CC(C)(C)c1ccc(C(=O)Nc2ccc(-c3n[nH]c(CN)n3)cc2)cc1. The molecule has 0 aliphatic carbocycles. The number of nitrogens with zero attached hydrogens (tertiary/aromatic N) is 2. The molecule has 0 spiro atoms. The smallest absolute Gasteiger partial charge is 0.255 e. The van der Waals surface area contributed by atoms with Gasteiger partial charge in [-0.2, -0.15) is 5.10 Å². The van der Waals surface area contributed by atoms with Gasteiger partial charge < -0.3 is 11.1 Å². The van der Waals surface area contributed by atoms with Crippen LogP contribution in [0.3, 0.4) is 0 Å². The van der Waals surface area contributed by atoms with E-state index in [1.807, 2.05) is 48.5 Å². The van der Waals surface area contributed by atoms with Crippen LogP contribution in [0, 0.1) is 0 Å². The van der Waals surface area contributed by atoms with Gasteiger partial charge in [0.15, 0.2) is 5.82 Å². The van der Waals surface area contributed by atoms with Crippen molar-refractivity contribution in [2.75, 3.05) is 5.32 Å². The van der Waals surface area contributed by atoms with E-state index in [9.17, 15) is 4.79 Å². The molecule has 3 rings (SSSR count). The van der Waals surface area contributed by atoms with E-state index in [2.05, 4.69) is 41.3 Å². The zero-order valence-electron chi connectivity index (χ0n) is 15.2. The molecule has 0 atom stereocenters. The number of nitrogens with one attached hydrogen (secondary N) is 2. The summed E-state index contributed by atoms with van der Waals surface area (Å²) in [5.74, 6) is 1.08. The van der Waals surface area contributed by atoms with E-state index in [1.165, 1.54) is 5.56 Å². The Morgan fingerprint density at radius 3 is 2.27 bits per heavy atom. The summed E-state index contributed by atoms with van der Waals surface area (Å²) in [6.07, 6.45) is 0. The Hall–Kier alpha value is -2.99. The fraction of sp³-hybridized carbons (Fsp3) is 0.250. The molecule has 134 valence electrons. The lowest BCUT2D eigenvalue weighted by Crippen LogP contribution is -2.14. The second kappa shape index (κ2) is 7.09. The van der Waals surface area contributed by atoms with Gasteiger partial charge in [-0.05, 0) is 47.4 Å². The standard InChI is InChI=1S/C20H23N5O/c1-20(2,3)15-8-4-14(5-9-15)19(26)22-16-10-6-13(7-11-16)18-23-17(12-21)24-25-18/h4-11H,12,21H2,1-3H3,(H,22,26)(H,23,24,25). The molecule has 0 saturated carbocycles. The second-order valence-electron chi connectivity index (χ2n) is 7.17.